The van der Waals surface area contributed by atoms with Crippen molar-refractivity contribution in [1.82, 2.24) is 0 Å². The number of ether oxygens (including phenoxy) is 2. The number of phenols is 1. The molecule has 0 aliphatic rings. The van der Waals surface area contributed by atoms with Crippen LogP contribution >= 0.6 is 0 Å². The second-order valence-electron chi connectivity index (χ2n) is 9.67. The summed E-state index contributed by atoms with van der Waals surface area (Å²) in [5.41, 5.74) is 0. The topological polar surface area (TPSA) is 38.7 Å². The summed E-state index contributed by atoms with van der Waals surface area (Å²) < 4.78 is 11.9. The minimum atomic E-state index is 0.183. The fourth-order valence-corrected chi connectivity index (χ4v) is 4.30. The van der Waals surface area contributed by atoms with Crippen LogP contribution in [0.25, 0.3) is 0 Å². The first-order chi connectivity index (χ1) is 16.3. The molecule has 0 heterocycles. The van der Waals surface area contributed by atoms with Gasteiger partial charge in [-0.05, 0) is 25.0 Å². The van der Waals surface area contributed by atoms with Crippen molar-refractivity contribution in [2.45, 2.75) is 142 Å². The minimum Gasteiger partial charge on any atom is -0.504 e. The van der Waals surface area contributed by atoms with Crippen molar-refractivity contribution in [3.8, 4) is 17.2 Å². The number of aromatic hydroxyl groups is 1. The molecule has 0 saturated carbocycles. The average Bonchev–Trinajstić information content (AvgIpc) is 2.82. The van der Waals surface area contributed by atoms with Gasteiger partial charge in [0.15, 0.2) is 11.5 Å². The Bertz CT molecular complexity index is 543. The highest BCUT2D eigenvalue weighted by Gasteiger charge is 2.10. The van der Waals surface area contributed by atoms with Crippen LogP contribution in [0.15, 0.2) is 18.2 Å². The fourth-order valence-electron chi connectivity index (χ4n) is 4.30. The molecule has 33 heavy (non-hydrogen) atoms. The summed E-state index contributed by atoms with van der Waals surface area (Å²) in [4.78, 5) is 0. The number of unbranched alkanes of at least 4 members (excludes halogenated alkanes) is 18. The molecule has 3 nitrogen and oxygen atoms in total. The van der Waals surface area contributed by atoms with Gasteiger partial charge in [0.1, 0.15) is 0 Å². The first kappa shape index (κ1) is 29.7. The molecule has 3 heteroatoms. The lowest BCUT2D eigenvalue weighted by Gasteiger charge is -2.14. The largest absolute Gasteiger partial charge is 0.504 e. The van der Waals surface area contributed by atoms with Crippen LogP contribution < -0.4 is 9.47 Å². The number of rotatable bonds is 24. The molecule has 0 saturated heterocycles. The van der Waals surface area contributed by atoms with E-state index in [4.69, 9.17) is 9.47 Å². The average molecular weight is 463 g/mol. The first-order valence-electron chi connectivity index (χ1n) is 14.4. The molecule has 0 radical (unpaired) electrons. The summed E-state index contributed by atoms with van der Waals surface area (Å²) >= 11 is 0. The van der Waals surface area contributed by atoms with Crippen molar-refractivity contribution >= 4 is 0 Å². The van der Waals surface area contributed by atoms with E-state index in [2.05, 4.69) is 13.8 Å². The van der Waals surface area contributed by atoms with Crippen LogP contribution in [0.4, 0.5) is 0 Å². The Morgan fingerprint density at radius 2 is 0.909 bits per heavy atom. The first-order valence-corrected chi connectivity index (χ1v) is 14.4. The maximum atomic E-state index is 10.2. The van der Waals surface area contributed by atoms with Gasteiger partial charge in [-0.3, -0.25) is 0 Å². The SMILES string of the molecule is CCCCCCCCCCCCOc1cccc(O)c1OCCCCCCCCCCCC. The number of phenolic OH excluding ortho intramolecular Hbond substituents is 1. The van der Waals surface area contributed by atoms with E-state index < -0.39 is 0 Å². The Morgan fingerprint density at radius 3 is 1.36 bits per heavy atom. The van der Waals surface area contributed by atoms with Crippen molar-refractivity contribution in [3.63, 3.8) is 0 Å². The summed E-state index contributed by atoms with van der Waals surface area (Å²) in [6.45, 7) is 5.87. The van der Waals surface area contributed by atoms with Gasteiger partial charge in [0.25, 0.3) is 0 Å². The molecule has 1 N–H and O–H groups in total. The highest BCUT2D eigenvalue weighted by molar-refractivity contribution is 5.50. The van der Waals surface area contributed by atoms with E-state index in [1.165, 1.54) is 116 Å². The normalized spacial score (nSPS) is 11.1. The molecule has 0 spiro atoms. The molecule has 192 valence electrons. The second kappa shape index (κ2) is 22.4. The molecule has 1 aromatic rings. The number of hydrogen-bond donors (Lipinski definition) is 1. The summed E-state index contributed by atoms with van der Waals surface area (Å²) in [5, 5.41) is 10.2. The molecule has 0 fully saturated rings. The highest BCUT2D eigenvalue weighted by Crippen LogP contribution is 2.36. The third-order valence-corrected chi connectivity index (χ3v) is 6.46. The van der Waals surface area contributed by atoms with Crippen LogP contribution in [0.5, 0.6) is 17.2 Å². The fraction of sp³-hybridized carbons (Fsp3) is 0.800. The Balaban J connectivity index is 2.08. The zero-order valence-corrected chi connectivity index (χ0v) is 22.1. The van der Waals surface area contributed by atoms with E-state index in [9.17, 15) is 5.11 Å². The van der Waals surface area contributed by atoms with Gasteiger partial charge >= 0.3 is 0 Å². The van der Waals surface area contributed by atoms with Gasteiger partial charge < -0.3 is 14.6 Å². The van der Waals surface area contributed by atoms with E-state index in [-0.39, 0.29) is 5.75 Å². The van der Waals surface area contributed by atoms with E-state index >= 15 is 0 Å². The van der Waals surface area contributed by atoms with Gasteiger partial charge in [0.05, 0.1) is 13.2 Å². The monoisotopic (exact) mass is 462 g/mol. The molecule has 0 aliphatic heterocycles. The molecule has 0 amide bonds. The van der Waals surface area contributed by atoms with E-state index in [1.807, 2.05) is 12.1 Å². The quantitative estimate of drug-likeness (QED) is 0.155. The van der Waals surface area contributed by atoms with Crippen molar-refractivity contribution in [2.24, 2.45) is 0 Å². The van der Waals surface area contributed by atoms with Crippen LogP contribution in [0.2, 0.25) is 0 Å². The van der Waals surface area contributed by atoms with E-state index in [0.717, 1.165) is 12.8 Å². The number of para-hydroxylation sites is 1. The van der Waals surface area contributed by atoms with Crippen molar-refractivity contribution in [3.05, 3.63) is 18.2 Å². The smallest absolute Gasteiger partial charge is 0.203 e. The van der Waals surface area contributed by atoms with Crippen LogP contribution in [-0.4, -0.2) is 18.3 Å². The third kappa shape index (κ3) is 16.8. The van der Waals surface area contributed by atoms with Gasteiger partial charge in [0.2, 0.25) is 5.75 Å². The molecule has 0 bridgehead atoms. The zero-order valence-electron chi connectivity index (χ0n) is 22.1. The van der Waals surface area contributed by atoms with Crippen LogP contribution in [0.3, 0.4) is 0 Å². The Hall–Kier alpha value is -1.38. The Kier molecular flexibility index (Phi) is 20.1. The lowest BCUT2D eigenvalue weighted by atomic mass is 10.1. The Morgan fingerprint density at radius 1 is 0.515 bits per heavy atom. The third-order valence-electron chi connectivity index (χ3n) is 6.46. The van der Waals surface area contributed by atoms with Gasteiger partial charge in [-0.25, -0.2) is 0 Å². The summed E-state index contributed by atoms with van der Waals surface area (Å²) in [6, 6.07) is 5.42. The van der Waals surface area contributed by atoms with Gasteiger partial charge in [-0.1, -0.05) is 135 Å². The standard InChI is InChI=1S/C30H54O3/c1-3-5-7-9-11-13-15-17-19-21-26-32-29-25-23-24-28(31)30(29)33-27-22-20-18-16-14-12-10-8-6-4-2/h23-25,31H,3-22,26-27H2,1-2H3. The summed E-state index contributed by atoms with van der Waals surface area (Å²) in [5.74, 6) is 1.38. The number of benzene rings is 1. The van der Waals surface area contributed by atoms with E-state index in [0.29, 0.717) is 24.7 Å². The summed E-state index contributed by atoms with van der Waals surface area (Å²) in [7, 11) is 0. The van der Waals surface area contributed by atoms with Crippen molar-refractivity contribution in [1.29, 1.82) is 0 Å². The van der Waals surface area contributed by atoms with E-state index in [1.54, 1.807) is 6.07 Å². The van der Waals surface area contributed by atoms with Gasteiger partial charge in [-0.2, -0.15) is 0 Å². The minimum absolute atomic E-state index is 0.183. The van der Waals surface area contributed by atoms with Gasteiger partial charge in [0, 0.05) is 0 Å². The van der Waals surface area contributed by atoms with Crippen LogP contribution in [0.1, 0.15) is 142 Å². The zero-order chi connectivity index (χ0) is 23.8. The molecular weight excluding hydrogens is 408 g/mol. The lowest BCUT2D eigenvalue weighted by molar-refractivity contribution is 0.249. The maximum Gasteiger partial charge on any atom is 0.203 e. The molecule has 0 atom stereocenters. The molecule has 1 aromatic carbocycles. The van der Waals surface area contributed by atoms with Crippen molar-refractivity contribution < 1.29 is 14.6 Å². The van der Waals surface area contributed by atoms with Crippen LogP contribution in [-0.2, 0) is 0 Å². The highest BCUT2D eigenvalue weighted by atomic mass is 16.5. The lowest BCUT2D eigenvalue weighted by Crippen LogP contribution is -2.03. The summed E-state index contributed by atoms with van der Waals surface area (Å²) in [6.07, 6.45) is 26.2. The van der Waals surface area contributed by atoms with Crippen molar-refractivity contribution in [2.75, 3.05) is 13.2 Å². The maximum absolute atomic E-state index is 10.2. The Labute approximate surface area is 205 Å². The van der Waals surface area contributed by atoms with Gasteiger partial charge in [-0.15, -0.1) is 0 Å². The predicted octanol–water partition coefficient (Wildman–Crippen LogP) is 9.99. The molecule has 0 aliphatic carbocycles. The second-order valence-corrected chi connectivity index (χ2v) is 9.67. The molecule has 0 unspecified atom stereocenters. The molecule has 1 rings (SSSR count). The molecular formula is C30H54O3. The number of hydrogen-bond acceptors (Lipinski definition) is 3. The van der Waals surface area contributed by atoms with Crippen LogP contribution in [0, 0.1) is 0 Å². The predicted molar refractivity (Wildman–Crippen MR) is 143 cm³/mol. The molecule has 0 aromatic heterocycles.